The second-order valence-electron chi connectivity index (χ2n) is 6.14. The second kappa shape index (κ2) is 7.13. The van der Waals surface area contributed by atoms with E-state index in [4.69, 9.17) is 15.9 Å². The fourth-order valence-corrected chi connectivity index (χ4v) is 3.00. The summed E-state index contributed by atoms with van der Waals surface area (Å²) >= 11 is 1.70. The third kappa shape index (κ3) is 4.20. The van der Waals surface area contributed by atoms with Gasteiger partial charge in [-0.05, 0) is 69.0 Å². The van der Waals surface area contributed by atoms with Crippen molar-refractivity contribution in [1.29, 1.82) is 5.41 Å². The van der Waals surface area contributed by atoms with Crippen molar-refractivity contribution in [3.8, 4) is 5.75 Å². The largest absolute Gasteiger partial charge is 0.491 e. The molecule has 0 bridgehead atoms. The van der Waals surface area contributed by atoms with Crippen LogP contribution in [0.2, 0.25) is 0 Å². The highest BCUT2D eigenvalue weighted by Gasteiger charge is 2.22. The number of hydrogen-bond acceptors (Lipinski definition) is 6. The van der Waals surface area contributed by atoms with Crippen molar-refractivity contribution in [2.24, 2.45) is 0 Å². The number of nitrogens with zero attached hydrogens (tertiary/aromatic N) is 1. The summed E-state index contributed by atoms with van der Waals surface area (Å²) in [5, 5.41) is 9.21. The van der Waals surface area contributed by atoms with E-state index >= 15 is 0 Å². The molecule has 3 rings (SSSR count). The molecule has 1 heterocycles. The molecule has 1 aromatic carbocycles. The molecule has 0 aliphatic heterocycles. The molecule has 126 valence electrons. The molecule has 4 N–H and O–H groups in total. The van der Waals surface area contributed by atoms with Gasteiger partial charge in [0.05, 0.1) is 11.8 Å². The van der Waals surface area contributed by atoms with E-state index in [0.717, 1.165) is 17.1 Å². The molecule has 0 atom stereocenters. The second-order valence-corrected chi connectivity index (χ2v) is 7.25. The van der Waals surface area contributed by atoms with Crippen LogP contribution in [0.5, 0.6) is 5.75 Å². The lowest BCUT2D eigenvalue weighted by atomic mass is 10.0. The molecule has 1 saturated carbocycles. The number of pyridine rings is 1. The van der Waals surface area contributed by atoms with E-state index in [9.17, 15) is 0 Å². The van der Waals surface area contributed by atoms with Crippen LogP contribution >= 0.6 is 11.9 Å². The minimum atomic E-state index is 0.0758. The zero-order valence-corrected chi connectivity index (χ0v) is 14.7. The Morgan fingerprint density at radius 1 is 1.33 bits per heavy atom. The summed E-state index contributed by atoms with van der Waals surface area (Å²) in [7, 11) is 0. The van der Waals surface area contributed by atoms with E-state index in [-0.39, 0.29) is 6.10 Å². The van der Waals surface area contributed by atoms with Crippen LogP contribution in [0.15, 0.2) is 36.5 Å². The molecule has 0 spiro atoms. The molecule has 0 unspecified atom stereocenters. The van der Waals surface area contributed by atoms with Crippen LogP contribution in [0.1, 0.15) is 37.8 Å². The number of benzene rings is 1. The lowest BCUT2D eigenvalue weighted by Gasteiger charge is -2.14. The van der Waals surface area contributed by atoms with E-state index in [0.29, 0.717) is 22.2 Å². The van der Waals surface area contributed by atoms with Gasteiger partial charge in [-0.25, -0.2) is 4.98 Å². The van der Waals surface area contributed by atoms with Crippen LogP contribution in [0, 0.1) is 5.41 Å². The normalized spacial score (nSPS) is 13.8. The number of aromatic nitrogens is 1. The maximum absolute atomic E-state index is 8.52. The molecule has 0 radical (unpaired) electrons. The molecule has 24 heavy (non-hydrogen) atoms. The SMILES string of the molecule is CC(C)Oc1ccc(N)c(C(=N)c2ccnc(NSC3CC3)c2)c1. The van der Waals surface area contributed by atoms with Crippen molar-refractivity contribution < 1.29 is 4.74 Å². The summed E-state index contributed by atoms with van der Waals surface area (Å²) in [6.07, 6.45) is 4.30. The van der Waals surface area contributed by atoms with E-state index in [1.165, 1.54) is 12.8 Å². The molecule has 2 aromatic rings. The first-order valence-corrected chi connectivity index (χ1v) is 8.94. The molecule has 0 amide bonds. The summed E-state index contributed by atoms with van der Waals surface area (Å²) in [6, 6.07) is 9.14. The van der Waals surface area contributed by atoms with Gasteiger partial charge in [-0.1, -0.05) is 0 Å². The highest BCUT2D eigenvalue weighted by molar-refractivity contribution is 8.01. The highest BCUT2D eigenvalue weighted by atomic mass is 32.2. The Labute approximate surface area is 146 Å². The van der Waals surface area contributed by atoms with Gasteiger partial charge < -0.3 is 15.2 Å². The zero-order chi connectivity index (χ0) is 17.1. The van der Waals surface area contributed by atoms with Crippen LogP contribution in [0.3, 0.4) is 0 Å². The van der Waals surface area contributed by atoms with E-state index < -0.39 is 0 Å². The lowest BCUT2D eigenvalue weighted by Crippen LogP contribution is -2.09. The number of nitrogens with one attached hydrogen (secondary N) is 2. The van der Waals surface area contributed by atoms with Gasteiger partial charge in [0.2, 0.25) is 0 Å². The van der Waals surface area contributed by atoms with Gasteiger partial charge in [-0.3, -0.25) is 5.41 Å². The minimum absolute atomic E-state index is 0.0758. The fourth-order valence-electron chi connectivity index (χ4n) is 2.22. The third-order valence-electron chi connectivity index (χ3n) is 3.57. The van der Waals surface area contributed by atoms with Crippen LogP contribution in [-0.4, -0.2) is 22.0 Å². The van der Waals surface area contributed by atoms with Crippen LogP contribution in [0.25, 0.3) is 0 Å². The summed E-state index contributed by atoms with van der Waals surface area (Å²) in [6.45, 7) is 3.94. The van der Waals surface area contributed by atoms with Crippen molar-refractivity contribution in [2.45, 2.75) is 38.0 Å². The van der Waals surface area contributed by atoms with E-state index in [2.05, 4.69) is 9.71 Å². The molecule has 1 aliphatic rings. The van der Waals surface area contributed by atoms with Gasteiger partial charge in [0.25, 0.3) is 0 Å². The monoisotopic (exact) mass is 342 g/mol. The van der Waals surface area contributed by atoms with Gasteiger partial charge >= 0.3 is 0 Å². The Morgan fingerprint density at radius 2 is 2.12 bits per heavy atom. The van der Waals surface area contributed by atoms with Gasteiger partial charge in [-0.2, -0.15) is 0 Å². The number of anilines is 2. The average molecular weight is 342 g/mol. The molecule has 6 heteroatoms. The first kappa shape index (κ1) is 16.6. The van der Waals surface area contributed by atoms with E-state index in [1.54, 1.807) is 24.2 Å². The summed E-state index contributed by atoms with van der Waals surface area (Å²) < 4.78 is 8.97. The molecule has 1 aromatic heterocycles. The number of ether oxygens (including phenoxy) is 1. The Balaban J connectivity index is 1.81. The summed E-state index contributed by atoms with van der Waals surface area (Å²) in [4.78, 5) is 4.31. The lowest BCUT2D eigenvalue weighted by molar-refractivity contribution is 0.242. The van der Waals surface area contributed by atoms with Gasteiger partial charge in [0.15, 0.2) is 0 Å². The zero-order valence-electron chi connectivity index (χ0n) is 13.9. The van der Waals surface area contributed by atoms with Crippen molar-refractivity contribution in [3.05, 3.63) is 47.7 Å². The maximum Gasteiger partial charge on any atom is 0.136 e. The maximum atomic E-state index is 8.52. The highest BCUT2D eigenvalue weighted by Crippen LogP contribution is 2.34. The predicted molar refractivity (Wildman–Crippen MR) is 101 cm³/mol. The molecular formula is C18H22N4OS. The van der Waals surface area contributed by atoms with Crippen LogP contribution < -0.4 is 15.2 Å². The van der Waals surface area contributed by atoms with Gasteiger partial charge in [0.1, 0.15) is 11.6 Å². The number of nitrogen functional groups attached to an aromatic ring is 1. The Bertz CT molecular complexity index is 744. The topological polar surface area (TPSA) is 84.0 Å². The molecule has 1 aliphatic carbocycles. The number of nitrogens with two attached hydrogens (primary N) is 1. The average Bonchev–Trinajstić information content (AvgIpc) is 3.38. The van der Waals surface area contributed by atoms with Crippen molar-refractivity contribution in [2.75, 3.05) is 10.5 Å². The summed E-state index contributed by atoms with van der Waals surface area (Å²) in [5.74, 6) is 1.48. The third-order valence-corrected chi connectivity index (χ3v) is 4.70. The molecule has 5 nitrogen and oxygen atoms in total. The number of rotatable bonds is 7. The first-order valence-electron chi connectivity index (χ1n) is 8.06. The minimum Gasteiger partial charge on any atom is -0.491 e. The smallest absolute Gasteiger partial charge is 0.136 e. The standard InChI is InChI=1S/C18H22N4OS/c1-11(2)23-13-3-6-16(19)15(10-13)18(20)12-7-8-21-17(9-12)22-24-14-4-5-14/h3,6-11,14,20H,4-5,19H2,1-2H3,(H,21,22). The quantitative estimate of drug-likeness (QED) is 0.401. The Kier molecular flexibility index (Phi) is 4.94. The Hall–Kier alpha value is -2.21. The van der Waals surface area contributed by atoms with Crippen molar-refractivity contribution in [3.63, 3.8) is 0 Å². The van der Waals surface area contributed by atoms with Gasteiger partial charge in [0, 0.05) is 28.3 Å². The van der Waals surface area contributed by atoms with Crippen LogP contribution in [0.4, 0.5) is 11.5 Å². The predicted octanol–water partition coefficient (Wildman–Crippen LogP) is 4.09. The van der Waals surface area contributed by atoms with Crippen LogP contribution in [-0.2, 0) is 0 Å². The van der Waals surface area contributed by atoms with Gasteiger partial charge in [-0.15, -0.1) is 0 Å². The molecule has 0 saturated heterocycles. The molecular weight excluding hydrogens is 320 g/mol. The first-order chi connectivity index (χ1) is 11.5. The summed E-state index contributed by atoms with van der Waals surface area (Å²) in [5.41, 5.74) is 8.44. The number of hydrogen-bond donors (Lipinski definition) is 3. The van der Waals surface area contributed by atoms with Crippen molar-refractivity contribution >= 4 is 29.2 Å². The van der Waals surface area contributed by atoms with E-state index in [1.807, 2.05) is 38.1 Å². The van der Waals surface area contributed by atoms with Crippen molar-refractivity contribution in [1.82, 2.24) is 4.98 Å². The fraction of sp³-hybridized carbons (Fsp3) is 0.333. The molecule has 1 fully saturated rings. The Morgan fingerprint density at radius 3 is 2.83 bits per heavy atom.